The molecule has 0 aliphatic carbocycles. The van der Waals surface area contributed by atoms with Crippen LogP contribution in [0.2, 0.25) is 0 Å². The third-order valence-corrected chi connectivity index (χ3v) is 15.5. The van der Waals surface area contributed by atoms with Crippen LogP contribution in [0.3, 0.4) is 0 Å². The zero-order valence-corrected chi connectivity index (χ0v) is 30.1. The van der Waals surface area contributed by atoms with Crippen LogP contribution in [0.1, 0.15) is 30.5 Å². The number of rotatable bonds is 7. The number of alkyl halides is 18. The minimum absolute atomic E-state index is 0.0540. The van der Waals surface area contributed by atoms with Gasteiger partial charge in [0, 0.05) is 0 Å². The Morgan fingerprint density at radius 3 is 1.14 bits per heavy atom. The molecule has 1 radical (unpaired) electrons. The summed E-state index contributed by atoms with van der Waals surface area (Å²) in [5, 5.41) is 0. The van der Waals surface area contributed by atoms with Crippen molar-refractivity contribution in [2.24, 2.45) is 0 Å². The van der Waals surface area contributed by atoms with Gasteiger partial charge in [0.15, 0.2) is 17.3 Å². The van der Waals surface area contributed by atoms with E-state index in [-0.39, 0.29) is 11.1 Å². The molecule has 203 valence electrons. The Morgan fingerprint density at radius 1 is 0.486 bits per heavy atom. The molecule has 0 saturated heterocycles. The van der Waals surface area contributed by atoms with Crippen LogP contribution in [0.15, 0.2) is 18.2 Å². The highest BCUT2D eigenvalue weighted by atomic mass is 35.6. The summed E-state index contributed by atoms with van der Waals surface area (Å²) in [5.41, 5.74) is 0.243. The molecule has 0 amide bonds. The van der Waals surface area contributed by atoms with Gasteiger partial charge in [-0.3, -0.25) is 0 Å². The molecule has 1 aromatic rings. The Bertz CT molecular complexity index is 918. The monoisotopic (exact) mass is 843 g/mol. The molecular formula is C17H9Cl18. The maximum atomic E-state index is 6.67. The largest absolute Gasteiger partial charge is 0.226 e. The SMILES string of the molecule is C[C](C)c1ccc(C(Cl)(Cl)C(Cl)(Cl)C(Cl)(Cl)C(Cl)(Cl)Cl)cc1C(Cl)(Cl)C(Cl)(Cl)C(Cl)(Cl)C(Cl)(Cl)Cl. The molecule has 0 fully saturated rings. The number of hydrogen-bond acceptors (Lipinski definition) is 0. The molecule has 18 heteroatoms. The molecule has 0 bridgehead atoms. The summed E-state index contributed by atoms with van der Waals surface area (Å²) in [6.07, 6.45) is 0. The van der Waals surface area contributed by atoms with E-state index in [0.29, 0.717) is 11.5 Å². The highest BCUT2D eigenvalue weighted by Gasteiger charge is 2.70. The summed E-state index contributed by atoms with van der Waals surface area (Å²) in [6, 6.07) is 4.10. The van der Waals surface area contributed by atoms with Crippen LogP contribution in [-0.4, -0.2) is 24.9 Å². The molecule has 0 aliphatic heterocycles. The van der Waals surface area contributed by atoms with Crippen molar-refractivity contribution in [2.75, 3.05) is 0 Å². The van der Waals surface area contributed by atoms with E-state index < -0.39 is 33.6 Å². The average Bonchev–Trinajstić information content (AvgIpc) is 2.64. The van der Waals surface area contributed by atoms with Gasteiger partial charge in [0.2, 0.25) is 16.3 Å². The first-order valence-corrected chi connectivity index (χ1v) is 15.2. The molecule has 0 atom stereocenters. The first-order valence-electron chi connectivity index (χ1n) is 8.39. The smallest absolute Gasteiger partial charge is 0.0943 e. The molecule has 0 spiro atoms. The van der Waals surface area contributed by atoms with Crippen molar-refractivity contribution in [1.82, 2.24) is 0 Å². The van der Waals surface area contributed by atoms with Crippen LogP contribution < -0.4 is 0 Å². The van der Waals surface area contributed by atoms with E-state index in [4.69, 9.17) is 209 Å². The Morgan fingerprint density at radius 2 is 0.829 bits per heavy atom. The standard InChI is InChI=1S/C17H9Cl18/c1-6(2)8-4-3-7(10(18,19)12(22,23)14(26,27)16(30,31)32)5-9(8)11(20,21)13(24,25)15(28,29)17(33,34)35/h3-5H,1-2H3. The summed E-state index contributed by atoms with van der Waals surface area (Å²) in [6.45, 7) is 3.42. The average molecular weight is 851 g/mol. The second-order valence-electron chi connectivity index (χ2n) is 7.20. The fourth-order valence-corrected chi connectivity index (χ4v) is 7.02. The quantitative estimate of drug-likeness (QED) is 0.240. The molecule has 0 saturated carbocycles. The van der Waals surface area contributed by atoms with Gasteiger partial charge in [-0.25, -0.2) is 0 Å². The zero-order valence-electron chi connectivity index (χ0n) is 16.5. The molecule has 1 aromatic carbocycles. The lowest BCUT2D eigenvalue weighted by atomic mass is 9.89. The van der Waals surface area contributed by atoms with Crippen LogP contribution in [0.25, 0.3) is 0 Å². The Balaban J connectivity index is 3.96. The van der Waals surface area contributed by atoms with Crippen molar-refractivity contribution in [3.8, 4) is 0 Å². The third-order valence-electron chi connectivity index (χ3n) is 4.55. The van der Waals surface area contributed by atoms with Gasteiger partial charge in [-0.1, -0.05) is 235 Å². The molecule has 0 unspecified atom stereocenters. The van der Waals surface area contributed by atoms with Gasteiger partial charge in [0.25, 0.3) is 0 Å². The van der Waals surface area contributed by atoms with E-state index in [1.165, 1.54) is 18.2 Å². The van der Waals surface area contributed by atoms with Crippen LogP contribution in [0, 0.1) is 5.92 Å². The van der Waals surface area contributed by atoms with Crippen LogP contribution in [0.4, 0.5) is 0 Å². The van der Waals surface area contributed by atoms with Crippen molar-refractivity contribution in [3.63, 3.8) is 0 Å². The number of hydrogen-bond donors (Lipinski definition) is 0. The maximum Gasteiger partial charge on any atom is 0.226 e. The van der Waals surface area contributed by atoms with Crippen molar-refractivity contribution in [2.45, 2.75) is 47.4 Å². The fourth-order valence-electron chi connectivity index (χ4n) is 2.54. The second-order valence-corrected chi connectivity index (χ2v) is 19.7. The zero-order chi connectivity index (χ0) is 28.4. The van der Waals surface area contributed by atoms with Crippen molar-refractivity contribution < 1.29 is 0 Å². The van der Waals surface area contributed by atoms with Crippen molar-refractivity contribution in [1.29, 1.82) is 0 Å². The van der Waals surface area contributed by atoms with E-state index in [1.54, 1.807) is 13.8 Å². The van der Waals surface area contributed by atoms with Gasteiger partial charge in [-0.2, -0.15) is 0 Å². The summed E-state index contributed by atoms with van der Waals surface area (Å²) in [4.78, 5) is 0. The molecule has 0 heterocycles. The first-order chi connectivity index (χ1) is 15.0. The minimum Gasteiger partial charge on any atom is -0.0943 e. The lowest BCUT2D eigenvalue weighted by Crippen LogP contribution is -2.55. The summed E-state index contributed by atoms with van der Waals surface area (Å²) < 4.78 is -20.1. The minimum atomic E-state index is -2.60. The number of benzene rings is 1. The molecular weight excluding hydrogens is 842 g/mol. The van der Waals surface area contributed by atoms with E-state index in [9.17, 15) is 0 Å². The summed E-state index contributed by atoms with van der Waals surface area (Å²) in [7, 11) is 0. The molecule has 0 N–H and O–H groups in total. The van der Waals surface area contributed by atoms with Crippen LogP contribution >= 0.6 is 209 Å². The maximum absolute atomic E-state index is 6.67. The second kappa shape index (κ2) is 11.8. The van der Waals surface area contributed by atoms with Crippen molar-refractivity contribution in [3.05, 3.63) is 40.8 Å². The van der Waals surface area contributed by atoms with Crippen molar-refractivity contribution >= 4 is 209 Å². The normalized spacial score (nSPS) is 15.7. The predicted octanol–water partition coefficient (Wildman–Crippen LogP) is 13.3. The first kappa shape index (κ1) is 37.5. The summed E-state index contributed by atoms with van der Waals surface area (Å²) >= 11 is 112. The van der Waals surface area contributed by atoms with Gasteiger partial charge in [-0.05, 0) is 28.7 Å². The number of halogens is 18. The highest BCUT2D eigenvalue weighted by molar-refractivity contribution is 6.81. The van der Waals surface area contributed by atoms with Gasteiger partial charge in [0.05, 0.1) is 0 Å². The fraction of sp³-hybridized carbons (Fsp3) is 0.588. The van der Waals surface area contributed by atoms with E-state index >= 15 is 0 Å². The molecule has 1 rings (SSSR count). The van der Waals surface area contributed by atoms with E-state index in [0.717, 1.165) is 0 Å². The Hall–Kier alpha value is 4.44. The van der Waals surface area contributed by atoms with Gasteiger partial charge >= 0.3 is 0 Å². The molecule has 0 nitrogen and oxygen atoms in total. The topological polar surface area (TPSA) is 0 Å². The highest BCUT2D eigenvalue weighted by Crippen LogP contribution is 2.68. The van der Waals surface area contributed by atoms with Crippen LogP contribution in [-0.2, 0) is 8.67 Å². The molecule has 0 aliphatic rings. The molecule has 35 heavy (non-hydrogen) atoms. The van der Waals surface area contributed by atoms with Gasteiger partial charge in [-0.15, -0.1) is 0 Å². The molecule has 0 aromatic heterocycles. The van der Waals surface area contributed by atoms with Crippen LogP contribution in [0.5, 0.6) is 0 Å². The Labute approximate surface area is 293 Å². The predicted molar refractivity (Wildman–Crippen MR) is 165 cm³/mol. The van der Waals surface area contributed by atoms with Gasteiger partial charge in [0.1, 0.15) is 0 Å². The third kappa shape index (κ3) is 6.68. The Kier molecular flexibility index (Phi) is 12.7. The van der Waals surface area contributed by atoms with Gasteiger partial charge < -0.3 is 0 Å². The summed E-state index contributed by atoms with van der Waals surface area (Å²) in [5.74, 6) is 0.660. The van der Waals surface area contributed by atoms with E-state index in [2.05, 4.69) is 0 Å². The lowest BCUT2D eigenvalue weighted by molar-refractivity contribution is 0.588. The van der Waals surface area contributed by atoms with E-state index in [1.807, 2.05) is 0 Å². The lowest BCUT2D eigenvalue weighted by Gasteiger charge is -2.46.